The van der Waals surface area contributed by atoms with Gasteiger partial charge in [-0.15, -0.1) is 0 Å². The first-order chi connectivity index (χ1) is 9.97. The van der Waals surface area contributed by atoms with Crippen molar-refractivity contribution in [2.24, 2.45) is 5.92 Å². The van der Waals surface area contributed by atoms with E-state index in [1.807, 2.05) is 30.3 Å². The highest BCUT2D eigenvalue weighted by atomic mass is 79.9. The second kappa shape index (κ2) is 7.39. The predicted molar refractivity (Wildman–Crippen MR) is 90.0 cm³/mol. The smallest absolute Gasteiger partial charge is 0.123 e. The third-order valence-corrected chi connectivity index (χ3v) is 4.40. The lowest BCUT2D eigenvalue weighted by atomic mass is 9.95. The van der Waals surface area contributed by atoms with Gasteiger partial charge in [0.05, 0.1) is 0 Å². The minimum absolute atomic E-state index is 0.174. The number of halogens is 3. The summed E-state index contributed by atoms with van der Waals surface area (Å²) in [6, 6.07) is 12.6. The third kappa shape index (κ3) is 4.53. The molecule has 0 aromatic heterocycles. The molecule has 0 spiro atoms. The van der Waals surface area contributed by atoms with Crippen molar-refractivity contribution < 1.29 is 4.39 Å². The third-order valence-electron chi connectivity index (χ3n) is 3.42. The Hall–Kier alpha value is -0.900. The number of nitrogens with one attached hydrogen (secondary N) is 1. The summed E-state index contributed by atoms with van der Waals surface area (Å²) in [6.45, 7) is 5.02. The lowest BCUT2D eigenvalue weighted by Gasteiger charge is -2.23. The van der Waals surface area contributed by atoms with Gasteiger partial charge in [-0.1, -0.05) is 59.6 Å². The van der Waals surface area contributed by atoms with Crippen LogP contribution in [0.1, 0.15) is 31.0 Å². The summed E-state index contributed by atoms with van der Waals surface area (Å²) in [5, 5.41) is 4.25. The van der Waals surface area contributed by atoms with Crippen LogP contribution >= 0.6 is 27.5 Å². The van der Waals surface area contributed by atoms with Crippen LogP contribution in [-0.4, -0.2) is 0 Å². The molecule has 0 saturated carbocycles. The number of hydrogen-bond donors (Lipinski definition) is 1. The predicted octanol–water partition coefficient (Wildman–Crippen LogP) is 5.73. The first kappa shape index (κ1) is 16.5. The molecule has 2 aromatic rings. The zero-order chi connectivity index (χ0) is 15.4. The Labute approximate surface area is 138 Å². The maximum absolute atomic E-state index is 13.1. The van der Waals surface area contributed by atoms with Crippen molar-refractivity contribution in [2.75, 3.05) is 0 Å². The molecule has 2 aromatic carbocycles. The molecule has 1 nitrogen and oxygen atoms in total. The summed E-state index contributed by atoms with van der Waals surface area (Å²) >= 11 is 9.48. The van der Waals surface area contributed by atoms with E-state index >= 15 is 0 Å². The zero-order valence-corrected chi connectivity index (χ0v) is 14.4. The van der Waals surface area contributed by atoms with E-state index < -0.39 is 0 Å². The van der Waals surface area contributed by atoms with Gasteiger partial charge in [0.25, 0.3) is 0 Å². The molecule has 0 bridgehead atoms. The van der Waals surface area contributed by atoms with Crippen LogP contribution in [0.2, 0.25) is 5.02 Å². The van der Waals surface area contributed by atoms with Crippen molar-refractivity contribution in [1.29, 1.82) is 0 Å². The van der Waals surface area contributed by atoms with E-state index in [0.29, 0.717) is 10.9 Å². The van der Waals surface area contributed by atoms with Crippen LogP contribution in [0.25, 0.3) is 0 Å². The van der Waals surface area contributed by atoms with Crippen molar-refractivity contribution in [3.63, 3.8) is 0 Å². The Kier molecular flexibility index (Phi) is 5.80. The standard InChI is InChI=1S/C17H18BrClFN/c1-11(2)17(12-4-7-15(20)8-5-12)21-10-13-3-6-14(19)9-16(13)18/h3-9,11,17,21H,10H2,1-2H3. The number of rotatable bonds is 5. The van der Waals surface area contributed by atoms with Gasteiger partial charge in [-0.2, -0.15) is 0 Å². The molecule has 1 unspecified atom stereocenters. The minimum Gasteiger partial charge on any atom is -0.306 e. The summed E-state index contributed by atoms with van der Waals surface area (Å²) in [5.74, 6) is 0.197. The van der Waals surface area contributed by atoms with Gasteiger partial charge in [0.15, 0.2) is 0 Å². The van der Waals surface area contributed by atoms with E-state index in [1.54, 1.807) is 0 Å². The van der Waals surface area contributed by atoms with Crippen molar-refractivity contribution in [2.45, 2.75) is 26.4 Å². The molecular formula is C17H18BrClFN. The maximum atomic E-state index is 13.1. The largest absolute Gasteiger partial charge is 0.306 e. The number of benzene rings is 2. The fourth-order valence-electron chi connectivity index (χ4n) is 2.29. The van der Waals surface area contributed by atoms with Crippen molar-refractivity contribution >= 4 is 27.5 Å². The average Bonchev–Trinajstić information content (AvgIpc) is 2.42. The molecule has 2 rings (SSSR count). The summed E-state index contributed by atoms with van der Waals surface area (Å²) < 4.78 is 14.0. The Balaban J connectivity index is 2.12. The highest BCUT2D eigenvalue weighted by molar-refractivity contribution is 9.10. The molecule has 0 aliphatic carbocycles. The Morgan fingerprint density at radius 2 is 1.81 bits per heavy atom. The molecule has 0 saturated heterocycles. The topological polar surface area (TPSA) is 12.0 Å². The molecule has 0 amide bonds. The van der Waals surface area contributed by atoms with Gasteiger partial charge in [-0.3, -0.25) is 0 Å². The van der Waals surface area contributed by atoms with Crippen LogP contribution in [-0.2, 0) is 6.54 Å². The van der Waals surface area contributed by atoms with E-state index in [4.69, 9.17) is 11.6 Å². The van der Waals surface area contributed by atoms with Gasteiger partial charge in [0.2, 0.25) is 0 Å². The minimum atomic E-state index is -0.207. The van der Waals surface area contributed by atoms with Crippen LogP contribution in [0.15, 0.2) is 46.9 Å². The molecule has 4 heteroatoms. The maximum Gasteiger partial charge on any atom is 0.123 e. The van der Waals surface area contributed by atoms with E-state index in [-0.39, 0.29) is 11.9 Å². The second-order valence-corrected chi connectivity index (χ2v) is 6.68. The molecule has 0 aliphatic rings. The summed E-state index contributed by atoms with van der Waals surface area (Å²) in [5.41, 5.74) is 2.24. The van der Waals surface area contributed by atoms with Crippen LogP contribution in [0.3, 0.4) is 0 Å². The fourth-order valence-corrected chi connectivity index (χ4v) is 3.12. The Morgan fingerprint density at radius 3 is 2.38 bits per heavy atom. The first-order valence-corrected chi connectivity index (χ1v) is 8.07. The lowest BCUT2D eigenvalue weighted by molar-refractivity contribution is 0.410. The molecule has 0 radical (unpaired) electrons. The van der Waals surface area contributed by atoms with Gasteiger partial charge in [-0.25, -0.2) is 4.39 Å². The van der Waals surface area contributed by atoms with Crippen LogP contribution in [0.5, 0.6) is 0 Å². The average molecular weight is 371 g/mol. The molecule has 0 heterocycles. The SMILES string of the molecule is CC(C)C(NCc1ccc(Cl)cc1Br)c1ccc(F)cc1. The van der Waals surface area contributed by atoms with Crippen molar-refractivity contribution in [1.82, 2.24) is 5.32 Å². The lowest BCUT2D eigenvalue weighted by Crippen LogP contribution is -2.25. The monoisotopic (exact) mass is 369 g/mol. The van der Waals surface area contributed by atoms with E-state index in [1.165, 1.54) is 12.1 Å². The number of hydrogen-bond acceptors (Lipinski definition) is 1. The molecule has 1 atom stereocenters. The highest BCUT2D eigenvalue weighted by Gasteiger charge is 2.15. The molecule has 0 aliphatic heterocycles. The summed E-state index contributed by atoms with van der Waals surface area (Å²) in [4.78, 5) is 0. The van der Waals surface area contributed by atoms with Crippen molar-refractivity contribution in [3.8, 4) is 0 Å². The van der Waals surface area contributed by atoms with Gasteiger partial charge in [0.1, 0.15) is 5.82 Å². The Bertz CT molecular complexity index is 598. The van der Waals surface area contributed by atoms with Crippen LogP contribution in [0.4, 0.5) is 4.39 Å². The van der Waals surface area contributed by atoms with Gasteiger partial charge < -0.3 is 5.32 Å². The molecule has 21 heavy (non-hydrogen) atoms. The van der Waals surface area contributed by atoms with E-state index in [0.717, 1.165) is 22.1 Å². The molecule has 0 fully saturated rings. The summed E-state index contributed by atoms with van der Waals surface area (Å²) in [6.07, 6.45) is 0. The van der Waals surface area contributed by atoms with E-state index in [2.05, 4.69) is 35.1 Å². The zero-order valence-electron chi connectivity index (χ0n) is 12.0. The first-order valence-electron chi connectivity index (χ1n) is 6.90. The van der Waals surface area contributed by atoms with Gasteiger partial charge in [-0.05, 0) is 41.3 Å². The second-order valence-electron chi connectivity index (χ2n) is 5.39. The summed E-state index contributed by atoms with van der Waals surface area (Å²) in [7, 11) is 0. The quantitative estimate of drug-likeness (QED) is 0.709. The normalized spacial score (nSPS) is 12.7. The van der Waals surface area contributed by atoms with Gasteiger partial charge in [0, 0.05) is 22.1 Å². The molecular weight excluding hydrogens is 353 g/mol. The Morgan fingerprint density at radius 1 is 1.14 bits per heavy atom. The van der Waals surface area contributed by atoms with Crippen LogP contribution in [0, 0.1) is 11.7 Å². The van der Waals surface area contributed by atoms with Crippen molar-refractivity contribution in [3.05, 3.63) is 68.9 Å². The fraction of sp³-hybridized carbons (Fsp3) is 0.294. The van der Waals surface area contributed by atoms with Gasteiger partial charge >= 0.3 is 0 Å². The van der Waals surface area contributed by atoms with E-state index in [9.17, 15) is 4.39 Å². The molecule has 1 N–H and O–H groups in total. The van der Waals surface area contributed by atoms with Crippen LogP contribution < -0.4 is 5.32 Å². The molecule has 112 valence electrons. The highest BCUT2D eigenvalue weighted by Crippen LogP contribution is 2.25.